The Morgan fingerprint density at radius 3 is 2.78 bits per heavy atom. The standard InChI is InChI=1S/C22H24FN7O2/c1-12(2)29-9-18(32-11-29)28-22(31)27-17-6-3-13(7-16(17)23)15-8-30(14-4-5-14)21-19(15)20(24)25-10-26-21/h3,6-10,12,14H,4-5,11H2,1-2H3,(H2,24,25,26)(H2,27,28,31). The summed E-state index contributed by atoms with van der Waals surface area (Å²) in [6, 6.07) is 4.68. The molecule has 0 spiro atoms. The summed E-state index contributed by atoms with van der Waals surface area (Å²) in [4.78, 5) is 22.7. The fourth-order valence-electron chi connectivity index (χ4n) is 3.74. The van der Waals surface area contributed by atoms with Crippen LogP contribution in [0.2, 0.25) is 0 Å². The van der Waals surface area contributed by atoms with Crippen LogP contribution in [0.4, 0.5) is 20.7 Å². The van der Waals surface area contributed by atoms with Gasteiger partial charge in [0.05, 0.1) is 17.3 Å². The van der Waals surface area contributed by atoms with Gasteiger partial charge in [-0.15, -0.1) is 0 Å². The number of benzene rings is 1. The first-order valence-electron chi connectivity index (χ1n) is 10.5. The summed E-state index contributed by atoms with van der Waals surface area (Å²) in [6.45, 7) is 4.39. The Bertz CT molecular complexity index is 1230. The second-order valence-corrected chi connectivity index (χ2v) is 8.29. The Balaban J connectivity index is 1.37. The number of aromatic nitrogens is 3. The average Bonchev–Trinajstić information content (AvgIpc) is 3.35. The molecule has 3 aromatic rings. The maximum atomic E-state index is 14.9. The number of fused-ring (bicyclic) bond motifs is 1. The highest BCUT2D eigenvalue weighted by Crippen LogP contribution is 2.42. The highest BCUT2D eigenvalue weighted by atomic mass is 19.1. The summed E-state index contributed by atoms with van der Waals surface area (Å²) in [7, 11) is 0. The topological polar surface area (TPSA) is 110 Å². The summed E-state index contributed by atoms with van der Waals surface area (Å²) in [5, 5.41) is 5.81. The molecule has 1 saturated carbocycles. The Labute approximate surface area is 184 Å². The number of hydrogen-bond acceptors (Lipinski definition) is 6. The summed E-state index contributed by atoms with van der Waals surface area (Å²) in [5.74, 6) is 0.105. The Kier molecular flexibility index (Phi) is 4.84. The van der Waals surface area contributed by atoms with Crippen molar-refractivity contribution in [3.05, 3.63) is 48.6 Å². The second-order valence-electron chi connectivity index (χ2n) is 8.29. The summed E-state index contributed by atoms with van der Waals surface area (Å²) < 4.78 is 22.4. The number of nitrogen functional groups attached to an aromatic ring is 1. The number of urea groups is 1. The van der Waals surface area contributed by atoms with Crippen molar-refractivity contribution in [3.63, 3.8) is 0 Å². The maximum absolute atomic E-state index is 14.9. The lowest BCUT2D eigenvalue weighted by atomic mass is 10.1. The molecule has 10 heteroatoms. The number of ether oxygens (including phenoxy) is 1. The molecule has 2 aromatic heterocycles. The fraction of sp³-hybridized carbons (Fsp3) is 0.318. The molecular weight excluding hydrogens is 413 g/mol. The van der Waals surface area contributed by atoms with Gasteiger partial charge in [0, 0.05) is 23.8 Å². The Hall–Kier alpha value is -3.82. The van der Waals surface area contributed by atoms with Crippen LogP contribution in [0, 0.1) is 5.82 Å². The molecule has 5 rings (SSSR count). The average molecular weight is 437 g/mol. The van der Waals surface area contributed by atoms with Gasteiger partial charge in [-0.2, -0.15) is 0 Å². The van der Waals surface area contributed by atoms with Crippen molar-refractivity contribution in [2.24, 2.45) is 0 Å². The van der Waals surface area contributed by atoms with Crippen LogP contribution in [0.15, 0.2) is 42.8 Å². The number of rotatable bonds is 5. The van der Waals surface area contributed by atoms with Crippen LogP contribution in [0.1, 0.15) is 32.7 Å². The van der Waals surface area contributed by atoms with Gasteiger partial charge in [-0.1, -0.05) is 6.07 Å². The quantitative estimate of drug-likeness (QED) is 0.560. The lowest BCUT2D eigenvalue weighted by Crippen LogP contribution is -2.28. The van der Waals surface area contributed by atoms with E-state index in [1.54, 1.807) is 12.3 Å². The molecule has 166 valence electrons. The van der Waals surface area contributed by atoms with E-state index < -0.39 is 11.8 Å². The lowest BCUT2D eigenvalue weighted by molar-refractivity contribution is 0.126. The molecule has 0 unspecified atom stereocenters. The zero-order chi connectivity index (χ0) is 22.4. The third kappa shape index (κ3) is 3.68. The SMILES string of the molecule is CC(C)N1C=C(NC(=O)Nc2ccc(-c3cn(C4CC4)c4ncnc(N)c34)cc2F)OC1. The number of halogens is 1. The molecule has 1 aliphatic heterocycles. The van der Waals surface area contributed by atoms with Crippen molar-refractivity contribution in [2.75, 3.05) is 17.8 Å². The van der Waals surface area contributed by atoms with Crippen LogP contribution in [0.5, 0.6) is 0 Å². The first-order valence-corrected chi connectivity index (χ1v) is 10.5. The van der Waals surface area contributed by atoms with Crippen LogP contribution in [-0.4, -0.2) is 38.2 Å². The maximum Gasteiger partial charge on any atom is 0.326 e. The third-order valence-electron chi connectivity index (χ3n) is 5.66. The second kappa shape index (κ2) is 7.70. The number of amides is 2. The van der Waals surface area contributed by atoms with Gasteiger partial charge in [-0.25, -0.2) is 19.2 Å². The van der Waals surface area contributed by atoms with E-state index in [1.807, 2.05) is 24.9 Å². The predicted octanol–water partition coefficient (Wildman–Crippen LogP) is 3.77. The van der Waals surface area contributed by atoms with Crippen LogP contribution in [0.25, 0.3) is 22.2 Å². The molecule has 4 N–H and O–H groups in total. The largest absolute Gasteiger partial charge is 0.456 e. The number of carbonyl (C=O) groups is 1. The molecule has 0 saturated heterocycles. The number of nitrogens with one attached hydrogen (secondary N) is 2. The van der Waals surface area contributed by atoms with Gasteiger partial charge in [0.1, 0.15) is 23.6 Å². The zero-order valence-electron chi connectivity index (χ0n) is 17.8. The zero-order valence-corrected chi connectivity index (χ0v) is 17.8. The molecule has 1 aromatic carbocycles. The van der Waals surface area contributed by atoms with Crippen molar-refractivity contribution >= 4 is 28.6 Å². The molecular formula is C22H24FN7O2. The summed E-state index contributed by atoms with van der Waals surface area (Å²) >= 11 is 0. The molecule has 32 heavy (non-hydrogen) atoms. The van der Waals surface area contributed by atoms with E-state index in [0.29, 0.717) is 35.4 Å². The summed E-state index contributed by atoms with van der Waals surface area (Å²) in [6.07, 6.45) is 7.26. The van der Waals surface area contributed by atoms with E-state index in [4.69, 9.17) is 10.5 Å². The molecule has 0 bridgehead atoms. The molecule has 2 amide bonds. The molecule has 0 atom stereocenters. The van der Waals surface area contributed by atoms with Gasteiger partial charge in [-0.3, -0.25) is 5.32 Å². The number of nitrogens with zero attached hydrogens (tertiary/aromatic N) is 4. The minimum atomic E-state index is -0.587. The van der Waals surface area contributed by atoms with Crippen LogP contribution in [0.3, 0.4) is 0 Å². The van der Waals surface area contributed by atoms with E-state index in [0.717, 1.165) is 24.1 Å². The first-order chi connectivity index (χ1) is 15.4. The van der Waals surface area contributed by atoms with Crippen molar-refractivity contribution in [2.45, 2.75) is 38.8 Å². The first kappa shape index (κ1) is 20.1. The molecule has 2 aliphatic rings. The molecule has 1 fully saturated rings. The van der Waals surface area contributed by atoms with Crippen LogP contribution >= 0.6 is 0 Å². The Morgan fingerprint density at radius 1 is 1.28 bits per heavy atom. The minimum absolute atomic E-state index is 0.0562. The molecule has 0 radical (unpaired) electrons. The van der Waals surface area contributed by atoms with E-state index in [9.17, 15) is 9.18 Å². The van der Waals surface area contributed by atoms with Gasteiger partial charge in [-0.05, 0) is 44.4 Å². The van der Waals surface area contributed by atoms with E-state index >= 15 is 0 Å². The minimum Gasteiger partial charge on any atom is -0.456 e. The van der Waals surface area contributed by atoms with Gasteiger partial charge in [0.2, 0.25) is 5.88 Å². The number of nitrogens with two attached hydrogens (primary N) is 1. The smallest absolute Gasteiger partial charge is 0.326 e. The van der Waals surface area contributed by atoms with Gasteiger partial charge < -0.3 is 25.3 Å². The number of carbonyl (C=O) groups excluding carboxylic acids is 1. The van der Waals surface area contributed by atoms with Crippen molar-refractivity contribution in [3.8, 4) is 11.1 Å². The molecule has 1 aliphatic carbocycles. The van der Waals surface area contributed by atoms with E-state index in [1.165, 1.54) is 18.5 Å². The van der Waals surface area contributed by atoms with E-state index in [-0.39, 0.29) is 11.7 Å². The van der Waals surface area contributed by atoms with Gasteiger partial charge in [0.25, 0.3) is 0 Å². The highest BCUT2D eigenvalue weighted by molar-refractivity contribution is 6.01. The normalized spacial score (nSPS) is 15.8. The van der Waals surface area contributed by atoms with Crippen molar-refractivity contribution in [1.82, 2.24) is 24.8 Å². The highest BCUT2D eigenvalue weighted by Gasteiger charge is 2.28. The number of anilines is 2. The summed E-state index contributed by atoms with van der Waals surface area (Å²) in [5.41, 5.74) is 8.32. The lowest BCUT2D eigenvalue weighted by Gasteiger charge is -2.16. The Morgan fingerprint density at radius 2 is 2.09 bits per heavy atom. The van der Waals surface area contributed by atoms with Crippen LogP contribution in [-0.2, 0) is 4.74 Å². The molecule has 9 nitrogen and oxygen atoms in total. The molecule has 3 heterocycles. The van der Waals surface area contributed by atoms with E-state index in [2.05, 4.69) is 25.2 Å². The third-order valence-corrected chi connectivity index (χ3v) is 5.66. The van der Waals surface area contributed by atoms with Crippen molar-refractivity contribution in [1.29, 1.82) is 0 Å². The van der Waals surface area contributed by atoms with Gasteiger partial charge in [0.15, 0.2) is 6.73 Å². The van der Waals surface area contributed by atoms with Gasteiger partial charge >= 0.3 is 6.03 Å². The van der Waals surface area contributed by atoms with Crippen molar-refractivity contribution < 1.29 is 13.9 Å². The fourth-order valence-corrected chi connectivity index (χ4v) is 3.74. The number of hydrogen-bond donors (Lipinski definition) is 3. The monoisotopic (exact) mass is 437 g/mol. The predicted molar refractivity (Wildman–Crippen MR) is 119 cm³/mol. The van der Waals surface area contributed by atoms with Crippen LogP contribution < -0.4 is 16.4 Å².